The topological polar surface area (TPSA) is 38.0 Å². The number of benzene rings is 2. The van der Waals surface area contributed by atoms with Gasteiger partial charge in [0.2, 0.25) is 0 Å². The summed E-state index contributed by atoms with van der Waals surface area (Å²) in [5, 5.41) is 3.90. The smallest absolute Gasteiger partial charge is 0.0661 e. The second-order valence-corrected chi connectivity index (χ2v) is 5.15. The van der Waals surface area contributed by atoms with E-state index in [2.05, 4.69) is 21.2 Å². The summed E-state index contributed by atoms with van der Waals surface area (Å²) in [5.41, 5.74) is 9.34. The van der Waals surface area contributed by atoms with E-state index in [1.54, 1.807) is 6.07 Å². The van der Waals surface area contributed by atoms with Crippen LogP contribution in [0, 0.1) is 6.92 Å². The minimum absolute atomic E-state index is 0.618. The summed E-state index contributed by atoms with van der Waals surface area (Å²) in [5.74, 6) is 0. The van der Waals surface area contributed by atoms with Crippen LogP contribution >= 0.6 is 27.5 Å². The zero-order valence-electron chi connectivity index (χ0n) is 9.30. The highest BCUT2D eigenvalue weighted by Crippen LogP contribution is 2.29. The first kappa shape index (κ1) is 12.3. The quantitative estimate of drug-likeness (QED) is 0.786. The molecule has 0 bridgehead atoms. The van der Waals surface area contributed by atoms with Crippen molar-refractivity contribution in [1.29, 1.82) is 0 Å². The summed E-state index contributed by atoms with van der Waals surface area (Å²) in [6, 6.07) is 11.5. The minimum atomic E-state index is 0.618. The Balaban J connectivity index is 2.31. The lowest BCUT2D eigenvalue weighted by Gasteiger charge is -2.11. The van der Waals surface area contributed by atoms with Crippen LogP contribution in [0.15, 0.2) is 40.9 Å². The van der Waals surface area contributed by atoms with E-state index in [0.29, 0.717) is 10.7 Å². The van der Waals surface area contributed by atoms with Gasteiger partial charge in [0.05, 0.1) is 10.7 Å². The summed E-state index contributed by atoms with van der Waals surface area (Å²) < 4.78 is 1.06. The van der Waals surface area contributed by atoms with Crippen LogP contribution in [0.2, 0.25) is 5.02 Å². The summed E-state index contributed by atoms with van der Waals surface area (Å²) in [7, 11) is 0. The first-order valence-electron chi connectivity index (χ1n) is 5.14. The molecule has 3 N–H and O–H groups in total. The molecule has 2 aromatic carbocycles. The van der Waals surface area contributed by atoms with E-state index in [0.717, 1.165) is 21.4 Å². The first-order valence-corrected chi connectivity index (χ1v) is 6.31. The SMILES string of the molecule is Cc1cc(Br)ccc1Nc1ccc(N)cc1Cl. The number of nitrogen functional groups attached to an aromatic ring is 1. The third-order valence-corrected chi connectivity index (χ3v) is 3.26. The molecule has 88 valence electrons. The van der Waals surface area contributed by atoms with Gasteiger partial charge < -0.3 is 11.1 Å². The van der Waals surface area contributed by atoms with Crippen LogP contribution in [0.4, 0.5) is 17.1 Å². The van der Waals surface area contributed by atoms with Gasteiger partial charge in [0.1, 0.15) is 0 Å². The van der Waals surface area contributed by atoms with E-state index in [-0.39, 0.29) is 0 Å². The average molecular weight is 312 g/mol. The van der Waals surface area contributed by atoms with E-state index in [4.69, 9.17) is 17.3 Å². The molecule has 0 saturated carbocycles. The summed E-state index contributed by atoms with van der Waals surface area (Å²) >= 11 is 9.55. The Hall–Kier alpha value is -1.19. The zero-order chi connectivity index (χ0) is 12.4. The molecule has 2 nitrogen and oxygen atoms in total. The zero-order valence-corrected chi connectivity index (χ0v) is 11.6. The van der Waals surface area contributed by atoms with Crippen LogP contribution in [-0.2, 0) is 0 Å². The van der Waals surface area contributed by atoms with Gasteiger partial charge in [-0.1, -0.05) is 27.5 Å². The number of nitrogens with two attached hydrogens (primary N) is 1. The molecule has 0 atom stereocenters. The molecule has 0 radical (unpaired) electrons. The normalized spacial score (nSPS) is 10.3. The maximum atomic E-state index is 6.11. The van der Waals surface area contributed by atoms with Gasteiger partial charge in [-0.25, -0.2) is 0 Å². The van der Waals surface area contributed by atoms with Crippen molar-refractivity contribution in [2.75, 3.05) is 11.1 Å². The van der Waals surface area contributed by atoms with Crippen molar-refractivity contribution in [3.63, 3.8) is 0 Å². The van der Waals surface area contributed by atoms with E-state index in [9.17, 15) is 0 Å². The molecule has 0 saturated heterocycles. The van der Waals surface area contributed by atoms with E-state index in [1.165, 1.54) is 0 Å². The number of hydrogen-bond acceptors (Lipinski definition) is 2. The number of nitrogens with one attached hydrogen (secondary N) is 1. The van der Waals surface area contributed by atoms with Crippen LogP contribution in [0.1, 0.15) is 5.56 Å². The lowest BCUT2D eigenvalue weighted by Crippen LogP contribution is -1.95. The Morgan fingerprint density at radius 3 is 2.47 bits per heavy atom. The van der Waals surface area contributed by atoms with Crippen molar-refractivity contribution in [2.24, 2.45) is 0 Å². The molecule has 0 heterocycles. The molecular formula is C13H12BrClN2. The fourth-order valence-electron chi connectivity index (χ4n) is 1.55. The first-order chi connectivity index (χ1) is 8.06. The van der Waals surface area contributed by atoms with Gasteiger partial charge in [-0.05, 0) is 48.9 Å². The molecule has 0 aliphatic heterocycles. The van der Waals surface area contributed by atoms with E-state index in [1.807, 2.05) is 37.3 Å². The molecule has 17 heavy (non-hydrogen) atoms. The predicted molar refractivity (Wildman–Crippen MR) is 78.0 cm³/mol. The number of anilines is 3. The van der Waals surface area contributed by atoms with Crippen molar-refractivity contribution in [1.82, 2.24) is 0 Å². The Bertz CT molecular complexity index is 506. The molecule has 2 aromatic rings. The Morgan fingerprint density at radius 1 is 1.12 bits per heavy atom. The van der Waals surface area contributed by atoms with Crippen LogP contribution in [0.25, 0.3) is 0 Å². The molecule has 0 unspecified atom stereocenters. The molecule has 0 fully saturated rings. The number of aryl methyl sites for hydroxylation is 1. The number of rotatable bonds is 2. The maximum absolute atomic E-state index is 6.11. The molecule has 0 aliphatic rings. The second kappa shape index (κ2) is 4.98. The van der Waals surface area contributed by atoms with Gasteiger partial charge in [0.15, 0.2) is 0 Å². The number of hydrogen-bond donors (Lipinski definition) is 2. The van der Waals surface area contributed by atoms with Crippen LogP contribution < -0.4 is 11.1 Å². The second-order valence-electron chi connectivity index (χ2n) is 3.82. The highest BCUT2D eigenvalue weighted by Gasteiger charge is 2.03. The Morgan fingerprint density at radius 2 is 1.82 bits per heavy atom. The highest BCUT2D eigenvalue weighted by molar-refractivity contribution is 9.10. The molecule has 0 aromatic heterocycles. The molecule has 0 amide bonds. The fourth-order valence-corrected chi connectivity index (χ4v) is 2.26. The van der Waals surface area contributed by atoms with Crippen molar-refractivity contribution >= 4 is 44.6 Å². The predicted octanol–water partition coefficient (Wildman–Crippen LogP) is 4.74. The van der Waals surface area contributed by atoms with Gasteiger partial charge in [-0.2, -0.15) is 0 Å². The van der Waals surface area contributed by atoms with Gasteiger partial charge in [0.25, 0.3) is 0 Å². The molecule has 0 aliphatic carbocycles. The summed E-state index contributed by atoms with van der Waals surface area (Å²) in [6.45, 7) is 2.04. The van der Waals surface area contributed by atoms with E-state index >= 15 is 0 Å². The van der Waals surface area contributed by atoms with Gasteiger partial charge in [-0.3, -0.25) is 0 Å². The van der Waals surface area contributed by atoms with E-state index < -0.39 is 0 Å². The Kier molecular flexibility index (Phi) is 3.60. The Labute approximate surface area is 114 Å². The monoisotopic (exact) mass is 310 g/mol. The van der Waals surface area contributed by atoms with Crippen molar-refractivity contribution in [2.45, 2.75) is 6.92 Å². The lowest BCUT2D eigenvalue weighted by molar-refractivity contribution is 1.42. The van der Waals surface area contributed by atoms with Gasteiger partial charge in [-0.15, -0.1) is 0 Å². The summed E-state index contributed by atoms with van der Waals surface area (Å²) in [6.07, 6.45) is 0. The van der Waals surface area contributed by atoms with Gasteiger partial charge >= 0.3 is 0 Å². The van der Waals surface area contributed by atoms with Gasteiger partial charge in [0, 0.05) is 15.8 Å². The van der Waals surface area contributed by atoms with Crippen LogP contribution in [0.5, 0.6) is 0 Å². The summed E-state index contributed by atoms with van der Waals surface area (Å²) in [4.78, 5) is 0. The molecular weight excluding hydrogens is 300 g/mol. The largest absolute Gasteiger partial charge is 0.399 e. The third kappa shape index (κ3) is 2.93. The van der Waals surface area contributed by atoms with Crippen LogP contribution in [-0.4, -0.2) is 0 Å². The molecule has 4 heteroatoms. The fraction of sp³-hybridized carbons (Fsp3) is 0.0769. The highest BCUT2D eigenvalue weighted by atomic mass is 79.9. The van der Waals surface area contributed by atoms with Crippen molar-refractivity contribution in [3.8, 4) is 0 Å². The third-order valence-electron chi connectivity index (χ3n) is 2.45. The lowest BCUT2D eigenvalue weighted by atomic mass is 10.2. The average Bonchev–Trinajstić information content (AvgIpc) is 2.25. The number of halogens is 2. The van der Waals surface area contributed by atoms with Crippen LogP contribution in [0.3, 0.4) is 0 Å². The van der Waals surface area contributed by atoms with Crippen molar-refractivity contribution in [3.05, 3.63) is 51.5 Å². The minimum Gasteiger partial charge on any atom is -0.399 e. The maximum Gasteiger partial charge on any atom is 0.0661 e. The molecule has 2 rings (SSSR count). The molecule has 0 spiro atoms. The standard InChI is InChI=1S/C13H12BrClN2/c1-8-6-9(14)2-4-12(8)17-13-5-3-10(16)7-11(13)15/h2-7,17H,16H2,1H3. The van der Waals surface area contributed by atoms with Crippen molar-refractivity contribution < 1.29 is 0 Å².